The molecule has 0 spiro atoms. The van der Waals surface area contributed by atoms with Gasteiger partial charge in [-0.1, -0.05) is 68.4 Å². The average molecular weight is 368 g/mol. The predicted octanol–water partition coefficient (Wildman–Crippen LogP) is 6.64. The van der Waals surface area contributed by atoms with Crippen molar-refractivity contribution in [3.8, 4) is 22.3 Å². The van der Waals surface area contributed by atoms with Crippen molar-refractivity contribution in [1.29, 1.82) is 0 Å². The minimum atomic E-state index is 0.543. The van der Waals surface area contributed by atoms with Crippen molar-refractivity contribution in [3.05, 3.63) is 82.9 Å². The highest BCUT2D eigenvalue weighted by Gasteiger charge is 2.22. The van der Waals surface area contributed by atoms with Gasteiger partial charge in [0, 0.05) is 6.54 Å². The zero-order chi connectivity index (χ0) is 19.1. The molecule has 0 unspecified atom stereocenters. The lowest BCUT2D eigenvalue weighted by atomic mass is 9.90. The van der Waals surface area contributed by atoms with Crippen LogP contribution in [0.2, 0.25) is 0 Å². The lowest BCUT2D eigenvalue weighted by Crippen LogP contribution is -2.18. The molecule has 0 radical (unpaired) electrons. The van der Waals surface area contributed by atoms with Gasteiger partial charge in [-0.3, -0.25) is 4.90 Å². The Morgan fingerprint density at radius 2 is 1.57 bits per heavy atom. The molecule has 1 heteroatoms. The standard InChI is InChI=1S/C27H29N/c1-19(2)23-14-20(18-28-12-5-6-13-28)15-24(17-23)26-11-7-9-22-16-21-8-3-4-10-25(21)27(22)26/h3-4,7-11,14-15,17,19H,5-6,12-13,16,18H2,1-2H3. The van der Waals surface area contributed by atoms with Crippen molar-refractivity contribution in [1.82, 2.24) is 4.90 Å². The minimum Gasteiger partial charge on any atom is -0.299 e. The van der Waals surface area contributed by atoms with Crippen LogP contribution >= 0.6 is 0 Å². The molecule has 0 bridgehead atoms. The maximum atomic E-state index is 2.61. The first-order valence-electron chi connectivity index (χ1n) is 10.8. The molecular formula is C27H29N. The molecule has 0 aromatic heterocycles. The lowest BCUT2D eigenvalue weighted by molar-refractivity contribution is 0.331. The van der Waals surface area contributed by atoms with E-state index in [1.165, 1.54) is 70.4 Å². The Morgan fingerprint density at radius 1 is 0.821 bits per heavy atom. The smallest absolute Gasteiger partial charge is 0.0234 e. The Hall–Kier alpha value is -2.38. The fourth-order valence-electron chi connectivity index (χ4n) is 4.93. The Morgan fingerprint density at radius 3 is 2.39 bits per heavy atom. The number of hydrogen-bond acceptors (Lipinski definition) is 1. The monoisotopic (exact) mass is 367 g/mol. The van der Waals surface area contributed by atoms with Gasteiger partial charge in [0.15, 0.2) is 0 Å². The van der Waals surface area contributed by atoms with Crippen LogP contribution in [-0.2, 0) is 13.0 Å². The van der Waals surface area contributed by atoms with Crippen molar-refractivity contribution < 1.29 is 0 Å². The summed E-state index contributed by atoms with van der Waals surface area (Å²) < 4.78 is 0. The van der Waals surface area contributed by atoms with E-state index in [1.807, 2.05) is 0 Å². The fraction of sp³-hybridized carbons (Fsp3) is 0.333. The molecule has 1 nitrogen and oxygen atoms in total. The van der Waals surface area contributed by atoms with Gasteiger partial charge in [-0.05, 0) is 88.8 Å². The van der Waals surface area contributed by atoms with E-state index in [0.717, 1.165) is 13.0 Å². The van der Waals surface area contributed by atoms with E-state index < -0.39 is 0 Å². The molecule has 2 aliphatic rings. The van der Waals surface area contributed by atoms with Gasteiger partial charge in [0.05, 0.1) is 0 Å². The summed E-state index contributed by atoms with van der Waals surface area (Å²) in [6.07, 6.45) is 3.75. The van der Waals surface area contributed by atoms with Gasteiger partial charge < -0.3 is 0 Å². The molecule has 1 aliphatic carbocycles. The van der Waals surface area contributed by atoms with E-state index in [4.69, 9.17) is 0 Å². The lowest BCUT2D eigenvalue weighted by Gasteiger charge is -2.19. The number of nitrogens with zero attached hydrogens (tertiary/aromatic N) is 1. The van der Waals surface area contributed by atoms with E-state index in [0.29, 0.717) is 5.92 Å². The van der Waals surface area contributed by atoms with E-state index in [-0.39, 0.29) is 0 Å². The molecule has 0 atom stereocenters. The third-order valence-electron chi connectivity index (χ3n) is 6.42. The molecule has 142 valence electrons. The van der Waals surface area contributed by atoms with Crippen LogP contribution in [0.1, 0.15) is 54.9 Å². The summed E-state index contributed by atoms with van der Waals surface area (Å²) in [5.74, 6) is 0.543. The van der Waals surface area contributed by atoms with E-state index in [2.05, 4.69) is 79.4 Å². The fourth-order valence-corrected chi connectivity index (χ4v) is 4.93. The second kappa shape index (κ2) is 7.22. The van der Waals surface area contributed by atoms with Crippen LogP contribution in [-0.4, -0.2) is 18.0 Å². The second-order valence-corrected chi connectivity index (χ2v) is 8.77. The van der Waals surface area contributed by atoms with Crippen molar-refractivity contribution in [2.24, 2.45) is 0 Å². The molecule has 1 aliphatic heterocycles. The molecule has 5 rings (SSSR count). The first-order valence-corrected chi connectivity index (χ1v) is 10.8. The quantitative estimate of drug-likeness (QED) is 0.390. The van der Waals surface area contributed by atoms with Gasteiger partial charge in [0.25, 0.3) is 0 Å². The third-order valence-corrected chi connectivity index (χ3v) is 6.42. The molecule has 0 saturated carbocycles. The summed E-state index contributed by atoms with van der Waals surface area (Å²) >= 11 is 0. The highest BCUT2D eigenvalue weighted by Crippen LogP contribution is 2.43. The van der Waals surface area contributed by atoms with Crippen LogP contribution in [0.15, 0.2) is 60.7 Å². The maximum Gasteiger partial charge on any atom is 0.0234 e. The number of rotatable bonds is 4. The Labute approximate surface area is 169 Å². The zero-order valence-corrected chi connectivity index (χ0v) is 17.0. The average Bonchev–Trinajstić information content (AvgIpc) is 3.34. The summed E-state index contributed by atoms with van der Waals surface area (Å²) in [4.78, 5) is 2.61. The first kappa shape index (κ1) is 17.7. The highest BCUT2D eigenvalue weighted by atomic mass is 15.1. The van der Waals surface area contributed by atoms with Crippen LogP contribution in [0.3, 0.4) is 0 Å². The van der Waals surface area contributed by atoms with E-state index in [9.17, 15) is 0 Å². The predicted molar refractivity (Wildman–Crippen MR) is 119 cm³/mol. The Kier molecular flexibility index (Phi) is 4.56. The topological polar surface area (TPSA) is 3.24 Å². The molecule has 1 fully saturated rings. The summed E-state index contributed by atoms with van der Waals surface area (Å²) in [7, 11) is 0. The summed E-state index contributed by atoms with van der Waals surface area (Å²) in [6.45, 7) is 8.19. The minimum absolute atomic E-state index is 0.543. The second-order valence-electron chi connectivity index (χ2n) is 8.77. The van der Waals surface area contributed by atoms with Crippen molar-refractivity contribution in [2.75, 3.05) is 13.1 Å². The van der Waals surface area contributed by atoms with Crippen LogP contribution in [0, 0.1) is 0 Å². The summed E-state index contributed by atoms with van der Waals surface area (Å²) in [5, 5.41) is 0. The molecule has 0 amide bonds. The molecule has 1 heterocycles. The van der Waals surface area contributed by atoms with Crippen molar-refractivity contribution >= 4 is 0 Å². The van der Waals surface area contributed by atoms with E-state index in [1.54, 1.807) is 0 Å². The van der Waals surface area contributed by atoms with Gasteiger partial charge in [0.2, 0.25) is 0 Å². The Bertz CT molecular complexity index is 1010. The van der Waals surface area contributed by atoms with Crippen LogP contribution in [0.25, 0.3) is 22.3 Å². The van der Waals surface area contributed by atoms with Gasteiger partial charge in [-0.2, -0.15) is 0 Å². The summed E-state index contributed by atoms with van der Waals surface area (Å²) in [6, 6.07) is 23.1. The maximum absolute atomic E-state index is 2.61. The molecule has 3 aromatic carbocycles. The normalized spacial score (nSPS) is 15.8. The SMILES string of the molecule is CC(C)c1cc(CN2CCCC2)cc(-c2cccc3c2-c2ccccc2C3)c1. The van der Waals surface area contributed by atoms with Gasteiger partial charge in [0.1, 0.15) is 0 Å². The summed E-state index contributed by atoms with van der Waals surface area (Å²) in [5.41, 5.74) is 11.5. The zero-order valence-electron chi connectivity index (χ0n) is 17.0. The largest absolute Gasteiger partial charge is 0.299 e. The Balaban J connectivity index is 1.62. The number of fused-ring (bicyclic) bond motifs is 3. The number of benzene rings is 3. The third kappa shape index (κ3) is 3.18. The molecule has 1 saturated heterocycles. The highest BCUT2D eigenvalue weighted by molar-refractivity contribution is 5.90. The van der Waals surface area contributed by atoms with Crippen LogP contribution in [0.5, 0.6) is 0 Å². The first-order chi connectivity index (χ1) is 13.7. The molecule has 0 N–H and O–H groups in total. The van der Waals surface area contributed by atoms with E-state index >= 15 is 0 Å². The van der Waals surface area contributed by atoms with Crippen molar-refractivity contribution in [2.45, 2.75) is 45.6 Å². The van der Waals surface area contributed by atoms with Gasteiger partial charge >= 0.3 is 0 Å². The van der Waals surface area contributed by atoms with Crippen molar-refractivity contribution in [3.63, 3.8) is 0 Å². The van der Waals surface area contributed by atoms with Gasteiger partial charge in [-0.15, -0.1) is 0 Å². The molecular weight excluding hydrogens is 338 g/mol. The molecule has 28 heavy (non-hydrogen) atoms. The number of hydrogen-bond donors (Lipinski definition) is 0. The van der Waals surface area contributed by atoms with Gasteiger partial charge in [-0.25, -0.2) is 0 Å². The van der Waals surface area contributed by atoms with Crippen LogP contribution < -0.4 is 0 Å². The number of likely N-dealkylation sites (tertiary alicyclic amines) is 1. The molecule has 3 aromatic rings. The van der Waals surface area contributed by atoms with Crippen LogP contribution in [0.4, 0.5) is 0 Å².